The Morgan fingerprint density at radius 1 is 1.12 bits per heavy atom. The molecule has 11 heteroatoms. The molecule has 2 aromatic carbocycles. The number of fused-ring (bicyclic) bond motifs is 1. The van der Waals surface area contributed by atoms with E-state index in [0.717, 1.165) is 0 Å². The third-order valence-electron chi connectivity index (χ3n) is 4.17. The zero-order chi connectivity index (χ0) is 23.3. The van der Waals surface area contributed by atoms with Gasteiger partial charge in [-0.3, -0.25) is 19.2 Å². The first-order valence-electron chi connectivity index (χ1n) is 9.15. The highest BCUT2D eigenvalue weighted by atomic mass is 35.5. The summed E-state index contributed by atoms with van der Waals surface area (Å²) in [5.74, 6) is -3.30. The number of amides is 2. The maximum absolute atomic E-state index is 14.0. The molecule has 0 aliphatic carbocycles. The van der Waals surface area contributed by atoms with E-state index < -0.39 is 49.1 Å². The molecule has 1 heterocycles. The molecule has 0 unspecified atom stereocenters. The lowest BCUT2D eigenvalue weighted by atomic mass is 10.1. The summed E-state index contributed by atoms with van der Waals surface area (Å²) in [5.41, 5.74) is 0.251. The van der Waals surface area contributed by atoms with Gasteiger partial charge in [0.15, 0.2) is 12.4 Å². The molecular formula is C21H16ClFN2O7. The predicted molar refractivity (Wildman–Crippen MR) is 110 cm³/mol. The number of hydrogen-bond acceptors (Lipinski definition) is 6. The molecule has 0 saturated carbocycles. The van der Waals surface area contributed by atoms with Crippen LogP contribution in [0.2, 0.25) is 5.02 Å². The number of ether oxygens (including phenoxy) is 2. The lowest BCUT2D eigenvalue weighted by molar-refractivity contribution is -0.137. The summed E-state index contributed by atoms with van der Waals surface area (Å²) < 4.78 is 24.8. The Bertz CT molecular complexity index is 1110. The quantitative estimate of drug-likeness (QED) is 0.510. The number of aliphatic carboxylic acids is 1. The van der Waals surface area contributed by atoms with Crippen molar-refractivity contribution in [3.05, 3.63) is 64.1 Å². The van der Waals surface area contributed by atoms with Gasteiger partial charge in [0, 0.05) is 11.6 Å². The molecule has 1 aliphatic rings. The topological polar surface area (TPSA) is 131 Å². The summed E-state index contributed by atoms with van der Waals surface area (Å²) in [4.78, 5) is 46.0. The van der Waals surface area contributed by atoms with Gasteiger partial charge in [-0.05, 0) is 30.3 Å². The number of rotatable bonds is 8. The number of Topliss-reactive ketones (excluding diaryl/α,β-unsaturated/α-hetero) is 1. The first-order chi connectivity index (χ1) is 15.2. The highest BCUT2D eigenvalue weighted by molar-refractivity contribution is 6.32. The highest BCUT2D eigenvalue weighted by Gasteiger charge is 2.28. The molecule has 2 amide bonds. The molecule has 0 atom stereocenters. The second-order valence-corrected chi connectivity index (χ2v) is 6.88. The van der Waals surface area contributed by atoms with E-state index in [-0.39, 0.29) is 33.4 Å². The molecule has 0 saturated heterocycles. The number of halogens is 2. The molecule has 2 aromatic rings. The predicted octanol–water partition coefficient (Wildman–Crippen LogP) is 1.79. The Morgan fingerprint density at radius 2 is 1.88 bits per heavy atom. The van der Waals surface area contributed by atoms with Crippen molar-refractivity contribution in [2.75, 3.05) is 19.7 Å². The van der Waals surface area contributed by atoms with Crippen molar-refractivity contribution in [1.29, 1.82) is 0 Å². The van der Waals surface area contributed by atoms with Crippen molar-refractivity contribution in [2.24, 2.45) is 0 Å². The van der Waals surface area contributed by atoms with Gasteiger partial charge in [0.05, 0.1) is 17.1 Å². The number of hydrogen-bond donors (Lipinski definition) is 3. The monoisotopic (exact) mass is 462 g/mol. The summed E-state index contributed by atoms with van der Waals surface area (Å²) >= 11 is 5.98. The van der Waals surface area contributed by atoms with Crippen LogP contribution < -0.4 is 20.1 Å². The zero-order valence-electron chi connectivity index (χ0n) is 16.3. The van der Waals surface area contributed by atoms with Crippen LogP contribution in [-0.2, 0) is 14.4 Å². The molecule has 0 radical (unpaired) electrons. The first-order valence-corrected chi connectivity index (χ1v) is 9.52. The van der Waals surface area contributed by atoms with Gasteiger partial charge in [0.2, 0.25) is 11.7 Å². The average molecular weight is 463 g/mol. The molecule has 0 aromatic heterocycles. The molecule has 9 nitrogen and oxygen atoms in total. The smallest absolute Gasteiger partial charge is 0.322 e. The van der Waals surface area contributed by atoms with Crippen molar-refractivity contribution in [3.63, 3.8) is 0 Å². The fourth-order valence-corrected chi connectivity index (χ4v) is 2.87. The summed E-state index contributed by atoms with van der Waals surface area (Å²) in [6.45, 7) is -1.41. The number of nitrogens with one attached hydrogen (secondary N) is 2. The molecule has 166 valence electrons. The highest BCUT2D eigenvalue weighted by Crippen LogP contribution is 2.35. The van der Waals surface area contributed by atoms with Crippen LogP contribution in [0, 0.1) is 5.82 Å². The van der Waals surface area contributed by atoms with Crippen LogP contribution in [0.4, 0.5) is 4.39 Å². The van der Waals surface area contributed by atoms with Crippen molar-refractivity contribution < 1.29 is 38.1 Å². The van der Waals surface area contributed by atoms with Crippen molar-refractivity contribution in [3.8, 4) is 11.5 Å². The van der Waals surface area contributed by atoms with Crippen LogP contribution >= 0.6 is 11.6 Å². The number of carboxylic acids is 1. The van der Waals surface area contributed by atoms with Gasteiger partial charge in [0.25, 0.3) is 5.91 Å². The fraction of sp³-hybridized carbons (Fsp3) is 0.143. The Kier molecular flexibility index (Phi) is 7.06. The number of allylic oxidation sites excluding steroid dienone is 1. The minimum Gasteiger partial charge on any atom is -0.484 e. The second-order valence-electron chi connectivity index (χ2n) is 6.47. The van der Waals surface area contributed by atoms with Crippen LogP contribution in [0.25, 0.3) is 6.08 Å². The molecule has 0 bridgehead atoms. The number of benzene rings is 2. The van der Waals surface area contributed by atoms with E-state index in [4.69, 9.17) is 26.2 Å². The number of carboxylic acid groups (broad SMARTS) is 1. The lowest BCUT2D eigenvalue weighted by Gasteiger charge is -2.08. The molecule has 3 rings (SSSR count). The molecular weight excluding hydrogens is 447 g/mol. The number of carbonyl (C=O) groups excluding carboxylic acids is 3. The van der Waals surface area contributed by atoms with Gasteiger partial charge in [-0.15, -0.1) is 0 Å². The summed E-state index contributed by atoms with van der Waals surface area (Å²) in [6.07, 6.45) is 1.21. The van der Waals surface area contributed by atoms with Crippen LogP contribution in [0.1, 0.15) is 15.9 Å². The summed E-state index contributed by atoms with van der Waals surface area (Å²) in [5, 5.41) is 13.0. The van der Waals surface area contributed by atoms with E-state index in [1.807, 2.05) is 0 Å². The average Bonchev–Trinajstić information content (AvgIpc) is 3.06. The van der Waals surface area contributed by atoms with Gasteiger partial charge < -0.3 is 25.2 Å². The molecule has 32 heavy (non-hydrogen) atoms. The maximum atomic E-state index is 14.0. The Labute approximate surface area is 185 Å². The van der Waals surface area contributed by atoms with Crippen molar-refractivity contribution in [2.45, 2.75) is 0 Å². The second kappa shape index (κ2) is 9.92. The minimum absolute atomic E-state index is 0.0193. The maximum Gasteiger partial charge on any atom is 0.322 e. The number of carbonyl (C=O) groups is 4. The normalized spacial score (nSPS) is 13.3. The summed E-state index contributed by atoms with van der Waals surface area (Å²) in [7, 11) is 0. The van der Waals surface area contributed by atoms with Crippen LogP contribution in [0.3, 0.4) is 0 Å². The third-order valence-corrected chi connectivity index (χ3v) is 4.50. The van der Waals surface area contributed by atoms with E-state index >= 15 is 0 Å². The van der Waals surface area contributed by atoms with Gasteiger partial charge in [-0.25, -0.2) is 4.39 Å². The van der Waals surface area contributed by atoms with Gasteiger partial charge in [-0.2, -0.15) is 0 Å². The first kappa shape index (κ1) is 22.8. The summed E-state index contributed by atoms with van der Waals surface area (Å²) in [6, 6.07) is 8.41. The van der Waals surface area contributed by atoms with Crippen molar-refractivity contribution >= 4 is 41.2 Å². The number of ketones is 1. The van der Waals surface area contributed by atoms with Gasteiger partial charge in [-0.1, -0.05) is 17.7 Å². The van der Waals surface area contributed by atoms with Crippen LogP contribution in [-0.4, -0.2) is 48.4 Å². The van der Waals surface area contributed by atoms with E-state index in [9.17, 15) is 23.6 Å². The molecule has 0 spiro atoms. The van der Waals surface area contributed by atoms with E-state index in [2.05, 4.69) is 10.6 Å². The van der Waals surface area contributed by atoms with E-state index in [0.29, 0.717) is 0 Å². The largest absolute Gasteiger partial charge is 0.484 e. The van der Waals surface area contributed by atoms with Crippen molar-refractivity contribution in [1.82, 2.24) is 10.6 Å². The Balaban J connectivity index is 1.59. The van der Waals surface area contributed by atoms with E-state index in [1.165, 1.54) is 42.5 Å². The zero-order valence-corrected chi connectivity index (χ0v) is 17.1. The lowest BCUT2D eigenvalue weighted by Crippen LogP contribution is -2.40. The Morgan fingerprint density at radius 3 is 2.59 bits per heavy atom. The standard InChI is InChI=1S/C21H16ClFN2O7/c22-14-2-1-3-15(23)13(14)7-17-21(30)12-5-4-11(6-16(12)32-17)31-10-19(27)24-8-18(26)25-9-20(28)29/h1-7H,8-10H2,(H,24,27)(H,25,26)(H,28,29). The molecule has 1 aliphatic heterocycles. The molecule has 3 N–H and O–H groups in total. The van der Waals surface area contributed by atoms with Crippen LogP contribution in [0.15, 0.2) is 42.2 Å². The SMILES string of the molecule is O=C(O)CNC(=O)CNC(=O)COc1ccc2c(c1)OC(=Cc1c(F)cccc1Cl)C2=O. The Hall–Kier alpha value is -3.92. The fourth-order valence-electron chi connectivity index (χ4n) is 2.65. The van der Waals surface area contributed by atoms with E-state index in [1.54, 1.807) is 0 Å². The van der Waals surface area contributed by atoms with Gasteiger partial charge >= 0.3 is 5.97 Å². The molecule has 0 fully saturated rings. The third kappa shape index (κ3) is 5.61. The van der Waals surface area contributed by atoms with Crippen LogP contribution in [0.5, 0.6) is 11.5 Å². The van der Waals surface area contributed by atoms with Gasteiger partial charge in [0.1, 0.15) is 23.9 Å². The minimum atomic E-state index is -1.21.